The summed E-state index contributed by atoms with van der Waals surface area (Å²) in [4.78, 5) is 4.40. The van der Waals surface area contributed by atoms with E-state index in [1.807, 2.05) is 36.4 Å². The summed E-state index contributed by atoms with van der Waals surface area (Å²) in [7, 11) is 0. The van der Waals surface area contributed by atoms with Crippen LogP contribution in [-0.2, 0) is 6.42 Å². The van der Waals surface area contributed by atoms with Crippen molar-refractivity contribution in [3.05, 3.63) is 77.5 Å². The van der Waals surface area contributed by atoms with Crippen molar-refractivity contribution in [1.29, 1.82) is 0 Å². The molecule has 1 atom stereocenters. The summed E-state index contributed by atoms with van der Waals surface area (Å²) in [6.45, 7) is 2.06. The number of para-hydroxylation sites is 1. The Bertz CT molecular complexity index is 731. The van der Waals surface area contributed by atoms with Gasteiger partial charge in [-0.1, -0.05) is 54.1 Å². The Kier molecular flexibility index (Phi) is 3.48. The number of hydrogen-bond donors (Lipinski definition) is 1. The van der Waals surface area contributed by atoms with Gasteiger partial charge in [-0.05, 0) is 18.6 Å². The highest BCUT2D eigenvalue weighted by Crippen LogP contribution is 2.25. The summed E-state index contributed by atoms with van der Waals surface area (Å²) >= 11 is 0. The Morgan fingerprint density at radius 2 is 1.85 bits per heavy atom. The van der Waals surface area contributed by atoms with E-state index in [4.69, 9.17) is 0 Å². The predicted octanol–water partition coefficient (Wildman–Crippen LogP) is 3.82. The summed E-state index contributed by atoms with van der Waals surface area (Å²) in [5, 5.41) is 11.6. The number of fused-ring (bicyclic) bond motifs is 1. The molecule has 0 radical (unpaired) electrons. The maximum absolute atomic E-state index is 10.5. The van der Waals surface area contributed by atoms with Crippen LogP contribution >= 0.6 is 0 Å². The lowest BCUT2D eigenvalue weighted by Crippen LogP contribution is -2.03. The van der Waals surface area contributed by atoms with Gasteiger partial charge >= 0.3 is 0 Å². The fraction of sp³-hybridized carbons (Fsp3) is 0.167. The van der Waals surface area contributed by atoms with Crippen molar-refractivity contribution in [2.24, 2.45) is 0 Å². The van der Waals surface area contributed by atoms with Crippen LogP contribution < -0.4 is 0 Å². The largest absolute Gasteiger partial charge is 0.388 e. The first kappa shape index (κ1) is 12.8. The first-order chi connectivity index (χ1) is 9.74. The topological polar surface area (TPSA) is 33.1 Å². The highest BCUT2D eigenvalue weighted by molar-refractivity contribution is 5.81. The van der Waals surface area contributed by atoms with E-state index in [-0.39, 0.29) is 0 Å². The summed E-state index contributed by atoms with van der Waals surface area (Å²) in [6, 6.07) is 18.1. The van der Waals surface area contributed by atoms with Gasteiger partial charge in [0.05, 0.1) is 11.6 Å². The van der Waals surface area contributed by atoms with Crippen molar-refractivity contribution in [2.75, 3.05) is 0 Å². The lowest BCUT2D eigenvalue weighted by atomic mass is 9.98. The molecule has 0 amide bonds. The zero-order chi connectivity index (χ0) is 13.9. The van der Waals surface area contributed by atoms with Gasteiger partial charge in [0.25, 0.3) is 0 Å². The van der Waals surface area contributed by atoms with Gasteiger partial charge in [0.2, 0.25) is 0 Å². The number of rotatable bonds is 3. The van der Waals surface area contributed by atoms with Gasteiger partial charge < -0.3 is 5.11 Å². The third-order valence-electron chi connectivity index (χ3n) is 3.53. The molecule has 0 saturated carbocycles. The molecule has 0 spiro atoms. The smallest absolute Gasteiger partial charge is 0.0851 e. The van der Waals surface area contributed by atoms with Crippen LogP contribution in [0.5, 0.6) is 0 Å². The van der Waals surface area contributed by atoms with Crippen molar-refractivity contribution < 1.29 is 5.11 Å². The molecule has 2 nitrogen and oxygen atoms in total. The Hall–Kier alpha value is -2.19. The van der Waals surface area contributed by atoms with Crippen LogP contribution in [0.15, 0.2) is 60.8 Å². The molecule has 1 N–H and O–H groups in total. The van der Waals surface area contributed by atoms with Crippen molar-refractivity contribution in [2.45, 2.75) is 19.4 Å². The van der Waals surface area contributed by atoms with E-state index < -0.39 is 6.10 Å². The molecule has 0 saturated heterocycles. The number of aromatic nitrogens is 1. The van der Waals surface area contributed by atoms with Crippen LogP contribution in [0.3, 0.4) is 0 Å². The zero-order valence-corrected chi connectivity index (χ0v) is 11.5. The minimum atomic E-state index is -0.532. The molecule has 2 heteroatoms. The summed E-state index contributed by atoms with van der Waals surface area (Å²) in [5.41, 5.74) is 4.14. The van der Waals surface area contributed by atoms with E-state index in [0.717, 1.165) is 22.0 Å². The second-order valence-corrected chi connectivity index (χ2v) is 5.13. The number of pyridine rings is 1. The highest BCUT2D eigenvalue weighted by atomic mass is 16.3. The quantitative estimate of drug-likeness (QED) is 0.779. The molecule has 0 bridgehead atoms. The summed E-state index contributed by atoms with van der Waals surface area (Å²) in [6.07, 6.45) is 1.85. The van der Waals surface area contributed by atoms with Gasteiger partial charge in [0.1, 0.15) is 0 Å². The van der Waals surface area contributed by atoms with Gasteiger partial charge in [-0.25, -0.2) is 0 Å². The third kappa shape index (κ3) is 2.56. The molecule has 3 rings (SSSR count). The second-order valence-electron chi connectivity index (χ2n) is 5.13. The molecule has 2 aromatic carbocycles. The molecule has 1 unspecified atom stereocenters. The van der Waals surface area contributed by atoms with Gasteiger partial charge in [0.15, 0.2) is 0 Å². The predicted molar refractivity (Wildman–Crippen MR) is 81.6 cm³/mol. The molecule has 100 valence electrons. The van der Waals surface area contributed by atoms with Gasteiger partial charge in [-0.15, -0.1) is 0 Å². The van der Waals surface area contributed by atoms with Crippen LogP contribution in [0.2, 0.25) is 0 Å². The molecule has 1 aromatic heterocycles. The van der Waals surface area contributed by atoms with Gasteiger partial charge in [-0.2, -0.15) is 0 Å². The van der Waals surface area contributed by atoms with E-state index in [0.29, 0.717) is 6.42 Å². The molecule has 0 aliphatic heterocycles. The first-order valence-electron chi connectivity index (χ1n) is 6.81. The van der Waals surface area contributed by atoms with E-state index in [9.17, 15) is 5.11 Å². The van der Waals surface area contributed by atoms with E-state index in [1.54, 1.807) is 6.20 Å². The highest BCUT2D eigenvalue weighted by Gasteiger charge is 2.12. The van der Waals surface area contributed by atoms with Crippen LogP contribution in [0, 0.1) is 6.92 Å². The molecule has 1 heterocycles. The zero-order valence-electron chi connectivity index (χ0n) is 11.5. The van der Waals surface area contributed by atoms with Crippen LogP contribution in [0.1, 0.15) is 22.8 Å². The van der Waals surface area contributed by atoms with Crippen molar-refractivity contribution >= 4 is 10.9 Å². The minimum Gasteiger partial charge on any atom is -0.388 e. The van der Waals surface area contributed by atoms with E-state index in [2.05, 4.69) is 30.1 Å². The fourth-order valence-corrected chi connectivity index (χ4v) is 2.57. The van der Waals surface area contributed by atoms with Crippen molar-refractivity contribution in [1.82, 2.24) is 4.98 Å². The van der Waals surface area contributed by atoms with Crippen molar-refractivity contribution in [3.8, 4) is 0 Å². The van der Waals surface area contributed by atoms with E-state index in [1.165, 1.54) is 5.56 Å². The molecule has 0 aliphatic rings. The SMILES string of the molecule is Cc1cccc(CC(O)c2cccc3cccnc23)c1. The molecular weight excluding hydrogens is 246 g/mol. The average Bonchev–Trinajstić information content (AvgIpc) is 2.46. The van der Waals surface area contributed by atoms with Crippen LogP contribution in [-0.4, -0.2) is 10.1 Å². The Labute approximate surface area is 118 Å². The molecular formula is C18H17NO. The number of hydrogen-bond acceptors (Lipinski definition) is 2. The number of benzene rings is 2. The van der Waals surface area contributed by atoms with Gasteiger partial charge in [-0.3, -0.25) is 4.98 Å². The normalized spacial score (nSPS) is 12.5. The molecule has 3 aromatic rings. The number of nitrogens with zero attached hydrogens (tertiary/aromatic N) is 1. The van der Waals surface area contributed by atoms with Crippen molar-refractivity contribution in [3.63, 3.8) is 0 Å². The first-order valence-corrected chi connectivity index (χ1v) is 6.81. The standard InChI is InChI=1S/C18H17NO/c1-13-5-2-6-14(11-13)12-17(20)16-9-3-7-15-8-4-10-19-18(15)16/h2-11,17,20H,12H2,1H3. The minimum absolute atomic E-state index is 0.532. The second kappa shape index (κ2) is 5.43. The maximum atomic E-state index is 10.5. The molecule has 20 heavy (non-hydrogen) atoms. The van der Waals surface area contributed by atoms with Gasteiger partial charge in [0, 0.05) is 23.6 Å². The average molecular weight is 263 g/mol. The van der Waals surface area contributed by atoms with E-state index >= 15 is 0 Å². The number of aryl methyl sites for hydroxylation is 1. The monoisotopic (exact) mass is 263 g/mol. The molecule has 0 fully saturated rings. The Morgan fingerprint density at radius 3 is 2.70 bits per heavy atom. The molecule has 0 aliphatic carbocycles. The summed E-state index contributed by atoms with van der Waals surface area (Å²) in [5.74, 6) is 0. The lowest BCUT2D eigenvalue weighted by molar-refractivity contribution is 0.180. The maximum Gasteiger partial charge on any atom is 0.0851 e. The number of aliphatic hydroxyl groups excluding tert-OH is 1. The van der Waals surface area contributed by atoms with Crippen LogP contribution in [0.4, 0.5) is 0 Å². The number of aliphatic hydroxyl groups is 1. The Morgan fingerprint density at radius 1 is 1.05 bits per heavy atom. The summed E-state index contributed by atoms with van der Waals surface area (Å²) < 4.78 is 0. The Balaban J connectivity index is 1.94. The fourth-order valence-electron chi connectivity index (χ4n) is 2.57. The lowest BCUT2D eigenvalue weighted by Gasteiger charge is -2.13. The van der Waals surface area contributed by atoms with Crippen LogP contribution in [0.25, 0.3) is 10.9 Å². The third-order valence-corrected chi connectivity index (χ3v) is 3.53.